The third kappa shape index (κ3) is 5.45. The van der Waals surface area contributed by atoms with Crippen LogP contribution in [-0.4, -0.2) is 21.1 Å². The van der Waals surface area contributed by atoms with Gasteiger partial charge in [-0.25, -0.2) is 4.79 Å². The van der Waals surface area contributed by atoms with E-state index in [1.165, 1.54) is 24.3 Å². The van der Waals surface area contributed by atoms with Gasteiger partial charge in [-0.05, 0) is 36.4 Å². The molecule has 0 fully saturated rings. The van der Waals surface area contributed by atoms with Crippen LogP contribution in [0.2, 0.25) is 0 Å². The molecule has 0 spiro atoms. The third-order valence-electron chi connectivity index (χ3n) is 2.71. The summed E-state index contributed by atoms with van der Waals surface area (Å²) in [5.74, 6) is -1.86. The zero-order valence-corrected chi connectivity index (χ0v) is 16.5. The molecule has 1 N–H and O–H groups in total. The molecule has 0 radical (unpaired) electrons. The molecule has 10 heteroatoms. The number of ether oxygens (including phenoxy) is 1. The van der Waals surface area contributed by atoms with E-state index in [4.69, 9.17) is 5.11 Å². The Balaban J connectivity index is 0.00000312. The number of hydrogen-bond donors (Lipinski definition) is 1. The van der Waals surface area contributed by atoms with Gasteiger partial charge in [-0.1, -0.05) is 28.1 Å². The molecule has 0 bridgehead atoms. The van der Waals surface area contributed by atoms with Gasteiger partial charge in [0.05, 0.1) is 0 Å². The summed E-state index contributed by atoms with van der Waals surface area (Å²) >= 11 is 0.421. The van der Waals surface area contributed by atoms with Gasteiger partial charge >= 0.3 is 37.2 Å². The fraction of sp³-hybridized carbons (Fsp3) is 0.133. The van der Waals surface area contributed by atoms with E-state index in [-0.39, 0.29) is 16.0 Å². The van der Waals surface area contributed by atoms with Crippen molar-refractivity contribution in [3.05, 3.63) is 62.1 Å². The molecule has 3 nitrogen and oxygen atoms in total. The molecule has 0 saturated heterocycles. The monoisotopic (exact) mass is 554 g/mol. The Bertz CT molecular complexity index is 744. The Morgan fingerprint density at radius 2 is 1.60 bits per heavy atom. The van der Waals surface area contributed by atoms with E-state index >= 15 is 0 Å². The molecule has 0 amide bonds. The summed E-state index contributed by atoms with van der Waals surface area (Å²) in [6.07, 6.45) is -4.76. The number of halogens is 7. The van der Waals surface area contributed by atoms with Gasteiger partial charge in [0.25, 0.3) is 0 Å². The SMILES string of the molecule is O=C(O)c1ccccc1[I+]C(F)(F)C(F)(F)Oc1ccc(Br)cc1.[Cl-]. The van der Waals surface area contributed by atoms with E-state index in [1.807, 2.05) is 0 Å². The standard InChI is InChI=1S/C15H8BrF4IO3.ClH/c16-9-5-7-10(8-6-9)24-15(19,20)14(17,18)21-12-4-2-1-3-11(12)13(22)23;/h1-8H;1H. The number of carboxylic acids is 1. The largest absolute Gasteiger partial charge is 1.00 e. The Labute approximate surface area is 165 Å². The molecule has 136 valence electrons. The Morgan fingerprint density at radius 1 is 1.04 bits per heavy atom. The summed E-state index contributed by atoms with van der Waals surface area (Å²) in [5.41, 5.74) is -0.413. The summed E-state index contributed by atoms with van der Waals surface area (Å²) in [5, 5.41) is 8.98. The summed E-state index contributed by atoms with van der Waals surface area (Å²) < 4.78 is 55.9. The average molecular weight is 555 g/mol. The van der Waals surface area contributed by atoms with E-state index in [0.29, 0.717) is 4.47 Å². The van der Waals surface area contributed by atoms with Crippen molar-refractivity contribution in [2.24, 2.45) is 0 Å². The molecular formula is C15H9BrClF4IO3. The first-order valence-electron chi connectivity index (χ1n) is 6.31. The van der Waals surface area contributed by atoms with Crippen LogP contribution < -0.4 is 38.3 Å². The van der Waals surface area contributed by atoms with Gasteiger partial charge in [-0.15, -0.1) is 8.78 Å². The summed E-state index contributed by atoms with van der Waals surface area (Å²) in [6, 6.07) is 9.87. The lowest BCUT2D eigenvalue weighted by molar-refractivity contribution is -0.793. The van der Waals surface area contributed by atoms with E-state index in [2.05, 4.69) is 20.7 Å². The van der Waals surface area contributed by atoms with Crippen LogP contribution >= 0.6 is 15.9 Å². The highest BCUT2D eigenvalue weighted by Crippen LogP contribution is 2.31. The number of alkyl halides is 5. The number of rotatable bonds is 6. The fourth-order valence-corrected chi connectivity index (χ4v) is 4.12. The maximum absolute atomic E-state index is 14.1. The minimum absolute atomic E-state index is 0. The van der Waals surface area contributed by atoms with E-state index in [0.717, 1.165) is 24.3 Å². The van der Waals surface area contributed by atoms with Gasteiger partial charge in [0.2, 0.25) is 3.57 Å². The van der Waals surface area contributed by atoms with Gasteiger partial charge in [0.15, 0.2) is 0 Å². The molecule has 0 aliphatic rings. The maximum atomic E-state index is 14.1. The lowest BCUT2D eigenvalue weighted by atomic mass is 10.2. The smallest absolute Gasteiger partial charge is 0.551 e. The normalized spacial score (nSPS) is 11.6. The highest BCUT2D eigenvalue weighted by Gasteiger charge is 2.72. The minimum Gasteiger partial charge on any atom is -1.00 e. The van der Waals surface area contributed by atoms with Crippen LogP contribution in [0.25, 0.3) is 0 Å². The third-order valence-corrected chi connectivity index (χ3v) is 6.07. The second-order valence-corrected chi connectivity index (χ2v) is 8.42. The molecule has 0 aliphatic carbocycles. The van der Waals surface area contributed by atoms with Gasteiger partial charge in [0, 0.05) is 4.47 Å². The molecule has 0 aromatic heterocycles. The fourth-order valence-electron chi connectivity index (χ4n) is 1.61. The lowest BCUT2D eigenvalue weighted by Gasteiger charge is -2.18. The Hall–Kier alpha value is -1.07. The van der Waals surface area contributed by atoms with Crippen molar-refractivity contribution < 1.29 is 65.8 Å². The number of carbonyl (C=O) groups is 1. The molecule has 0 atom stereocenters. The summed E-state index contributed by atoms with van der Waals surface area (Å²) in [7, 11) is 0. The first kappa shape index (κ1) is 22.0. The molecule has 2 rings (SSSR count). The highest BCUT2D eigenvalue weighted by molar-refractivity contribution is 9.10. The highest BCUT2D eigenvalue weighted by atomic mass is 127. The zero-order chi connectivity index (χ0) is 18.0. The molecule has 2 aromatic carbocycles. The van der Waals surface area contributed by atoms with Gasteiger partial charge < -0.3 is 22.3 Å². The zero-order valence-electron chi connectivity index (χ0n) is 12.0. The van der Waals surface area contributed by atoms with Crippen molar-refractivity contribution >= 4 is 21.9 Å². The average Bonchev–Trinajstić information content (AvgIpc) is 2.49. The number of hydrogen-bond acceptors (Lipinski definition) is 2. The first-order chi connectivity index (χ1) is 11.1. The molecule has 0 unspecified atom stereocenters. The van der Waals surface area contributed by atoms with Crippen LogP contribution in [0.15, 0.2) is 53.0 Å². The van der Waals surface area contributed by atoms with Crippen molar-refractivity contribution in [3.8, 4) is 5.75 Å². The van der Waals surface area contributed by atoms with Gasteiger partial charge in [0.1, 0.15) is 11.3 Å². The Kier molecular flexibility index (Phi) is 7.51. The Morgan fingerprint density at radius 3 is 2.16 bits per heavy atom. The quantitative estimate of drug-likeness (QED) is 0.273. The second-order valence-electron chi connectivity index (χ2n) is 4.45. The van der Waals surface area contributed by atoms with Crippen LogP contribution in [0.5, 0.6) is 5.75 Å². The first-order valence-corrected chi connectivity index (χ1v) is 9.26. The van der Waals surface area contributed by atoms with Crippen LogP contribution in [0.3, 0.4) is 0 Å². The number of benzene rings is 2. The molecule has 0 heterocycles. The van der Waals surface area contributed by atoms with Crippen LogP contribution in [0.4, 0.5) is 17.6 Å². The van der Waals surface area contributed by atoms with E-state index in [9.17, 15) is 22.4 Å². The predicted molar refractivity (Wildman–Crippen MR) is 76.8 cm³/mol. The van der Waals surface area contributed by atoms with Crippen LogP contribution in [-0.2, 0) is 0 Å². The van der Waals surface area contributed by atoms with Crippen molar-refractivity contribution in [2.45, 2.75) is 10.0 Å². The second kappa shape index (κ2) is 8.54. The van der Waals surface area contributed by atoms with E-state index in [1.54, 1.807) is 0 Å². The van der Waals surface area contributed by atoms with Crippen molar-refractivity contribution in [1.82, 2.24) is 0 Å². The number of carboxylic acid groups (broad SMARTS) is 1. The lowest BCUT2D eigenvalue weighted by Crippen LogP contribution is -3.68. The summed E-state index contributed by atoms with van der Waals surface area (Å²) in [4.78, 5) is 11.0. The van der Waals surface area contributed by atoms with Crippen molar-refractivity contribution in [3.63, 3.8) is 0 Å². The van der Waals surface area contributed by atoms with Crippen LogP contribution in [0.1, 0.15) is 10.4 Å². The van der Waals surface area contributed by atoms with Crippen molar-refractivity contribution in [1.29, 1.82) is 0 Å². The molecular weight excluding hydrogens is 546 g/mol. The van der Waals surface area contributed by atoms with Gasteiger partial charge in [-0.2, -0.15) is 8.78 Å². The van der Waals surface area contributed by atoms with E-state index < -0.39 is 48.5 Å². The van der Waals surface area contributed by atoms with Crippen molar-refractivity contribution in [2.75, 3.05) is 0 Å². The topological polar surface area (TPSA) is 46.5 Å². The molecule has 25 heavy (non-hydrogen) atoms. The van der Waals surface area contributed by atoms with Gasteiger partial charge in [-0.3, -0.25) is 0 Å². The summed E-state index contributed by atoms with van der Waals surface area (Å²) in [6.45, 7) is 0. The molecule has 0 saturated carbocycles. The molecule has 0 aliphatic heterocycles. The van der Waals surface area contributed by atoms with Crippen LogP contribution in [0, 0.1) is 3.57 Å². The number of aromatic carboxylic acids is 1. The molecule has 2 aromatic rings. The predicted octanol–water partition coefficient (Wildman–Crippen LogP) is -1.33. The maximum Gasteiger partial charge on any atom is 0.551 e. The minimum atomic E-state index is -4.76.